The van der Waals surface area contributed by atoms with E-state index in [4.69, 9.17) is 0 Å². The number of aliphatic hydroxyl groups is 1. The Labute approximate surface area is 187 Å². The molecule has 1 aliphatic rings. The van der Waals surface area contributed by atoms with E-state index in [0.29, 0.717) is 10.1 Å². The Morgan fingerprint density at radius 1 is 1.40 bits per heavy atom. The average molecular weight is 529 g/mol. The Morgan fingerprint density at radius 3 is 2.87 bits per heavy atom. The minimum atomic E-state index is -0.979. The van der Waals surface area contributed by atoms with Crippen molar-refractivity contribution in [3.05, 3.63) is 49.8 Å². The molecular weight excluding hydrogens is 504 g/mol. The largest absolute Gasteiger partial charge is 0.385 e. The second-order valence-corrected chi connectivity index (χ2v) is 8.73. The summed E-state index contributed by atoms with van der Waals surface area (Å²) in [4.78, 5) is 32.2. The number of carbonyl (C=O) groups is 1. The first kappa shape index (κ1) is 22.6. The third kappa shape index (κ3) is 5.55. The highest BCUT2D eigenvalue weighted by molar-refractivity contribution is 14.1. The zero-order valence-corrected chi connectivity index (χ0v) is 18.8. The maximum Gasteiger partial charge on any atom is 0.346 e. The SMILES string of the molecule is CCCCCNCC1(O)CN(C(=O)c2c[nH]c(=O)nc2Nc2ccc(I)cc2F)C1. The number of halogens is 2. The molecule has 0 atom stereocenters. The third-order valence-corrected chi connectivity index (χ3v) is 5.56. The molecule has 1 aliphatic heterocycles. The zero-order chi connectivity index (χ0) is 21.7. The zero-order valence-electron chi connectivity index (χ0n) is 16.7. The highest BCUT2D eigenvalue weighted by Gasteiger charge is 2.44. The molecule has 10 heteroatoms. The highest BCUT2D eigenvalue weighted by atomic mass is 127. The van der Waals surface area contributed by atoms with E-state index in [1.807, 2.05) is 22.6 Å². The number of β-amino-alcohol motifs (C(OH)–C–C–N with tert-alkyl or cyclic N) is 1. The topological polar surface area (TPSA) is 110 Å². The number of nitrogens with zero attached hydrogens (tertiary/aromatic N) is 2. The van der Waals surface area contributed by atoms with Gasteiger partial charge >= 0.3 is 5.69 Å². The van der Waals surface area contributed by atoms with Crippen LogP contribution < -0.4 is 16.3 Å². The summed E-state index contributed by atoms with van der Waals surface area (Å²) in [6.07, 6.45) is 4.56. The van der Waals surface area contributed by atoms with Crippen LogP contribution >= 0.6 is 22.6 Å². The van der Waals surface area contributed by atoms with E-state index >= 15 is 0 Å². The second-order valence-electron chi connectivity index (χ2n) is 7.49. The molecular formula is C20H25FIN5O3. The van der Waals surface area contributed by atoms with Gasteiger partial charge in [0.25, 0.3) is 5.91 Å². The van der Waals surface area contributed by atoms with Gasteiger partial charge < -0.3 is 25.6 Å². The summed E-state index contributed by atoms with van der Waals surface area (Å²) in [5.41, 5.74) is -1.42. The first-order valence-corrected chi connectivity index (χ1v) is 10.9. The Morgan fingerprint density at radius 2 is 2.17 bits per heavy atom. The first-order chi connectivity index (χ1) is 14.3. The van der Waals surface area contributed by atoms with Crippen molar-refractivity contribution < 1.29 is 14.3 Å². The third-order valence-electron chi connectivity index (χ3n) is 4.89. The van der Waals surface area contributed by atoms with E-state index in [1.165, 1.54) is 23.2 Å². The smallest absolute Gasteiger partial charge is 0.346 e. The quantitative estimate of drug-likeness (QED) is 0.293. The second kappa shape index (κ2) is 9.84. The van der Waals surface area contributed by atoms with Crippen LogP contribution in [-0.2, 0) is 0 Å². The van der Waals surface area contributed by atoms with Crippen LogP contribution in [0.2, 0.25) is 0 Å². The van der Waals surface area contributed by atoms with Gasteiger partial charge in [0.1, 0.15) is 11.4 Å². The van der Waals surface area contributed by atoms with Crippen molar-refractivity contribution >= 4 is 40.0 Å². The molecule has 162 valence electrons. The molecule has 0 bridgehead atoms. The van der Waals surface area contributed by atoms with Gasteiger partial charge in [-0.3, -0.25) is 4.79 Å². The molecule has 8 nitrogen and oxygen atoms in total. The molecule has 1 aromatic heterocycles. The number of H-pyrrole nitrogens is 1. The number of aromatic nitrogens is 2. The molecule has 4 N–H and O–H groups in total. The van der Waals surface area contributed by atoms with E-state index < -0.39 is 23.0 Å². The monoisotopic (exact) mass is 529 g/mol. The van der Waals surface area contributed by atoms with Crippen LogP contribution in [0.4, 0.5) is 15.9 Å². The number of benzene rings is 1. The summed E-state index contributed by atoms with van der Waals surface area (Å²) >= 11 is 1.99. The lowest BCUT2D eigenvalue weighted by molar-refractivity contribution is -0.0784. The van der Waals surface area contributed by atoms with Crippen LogP contribution in [0.1, 0.15) is 36.5 Å². The minimum absolute atomic E-state index is 0.0306. The first-order valence-electron chi connectivity index (χ1n) is 9.85. The molecule has 0 saturated carbocycles. The maximum absolute atomic E-state index is 14.2. The fraction of sp³-hybridized carbons (Fsp3) is 0.450. The Hall–Kier alpha value is -2.05. The molecule has 3 rings (SSSR count). The van der Waals surface area contributed by atoms with Gasteiger partial charge in [-0.2, -0.15) is 4.98 Å². The van der Waals surface area contributed by atoms with Gasteiger partial charge in [0.15, 0.2) is 5.82 Å². The van der Waals surface area contributed by atoms with Crippen LogP contribution in [0, 0.1) is 9.39 Å². The number of nitrogens with one attached hydrogen (secondary N) is 3. The standard InChI is InChI=1S/C20H25FIN5O3/c1-2-3-4-7-23-10-20(30)11-27(12-20)18(28)14-9-24-19(29)26-17(14)25-16-6-5-13(22)8-15(16)21/h5-6,8-9,23,30H,2-4,7,10-12H2,1H3,(H2,24,25,26,29). The van der Waals surface area contributed by atoms with Crippen molar-refractivity contribution in [3.63, 3.8) is 0 Å². The summed E-state index contributed by atoms with van der Waals surface area (Å²) in [6.45, 7) is 3.70. The predicted octanol–water partition coefficient (Wildman–Crippen LogP) is 2.22. The van der Waals surface area contributed by atoms with E-state index in [-0.39, 0.29) is 30.2 Å². The summed E-state index contributed by atoms with van der Waals surface area (Å²) in [6, 6.07) is 4.55. The Kier molecular flexibility index (Phi) is 7.42. The molecule has 0 radical (unpaired) electrons. The molecule has 30 heavy (non-hydrogen) atoms. The van der Waals surface area contributed by atoms with Crippen molar-refractivity contribution in [2.45, 2.75) is 31.8 Å². The van der Waals surface area contributed by atoms with Crippen molar-refractivity contribution in [2.24, 2.45) is 0 Å². The van der Waals surface area contributed by atoms with Crippen molar-refractivity contribution in [1.82, 2.24) is 20.2 Å². The molecule has 0 aliphatic carbocycles. The van der Waals surface area contributed by atoms with Gasteiger partial charge in [-0.25, -0.2) is 9.18 Å². The fourth-order valence-corrected chi connectivity index (χ4v) is 3.74. The molecule has 2 aromatic rings. The lowest BCUT2D eigenvalue weighted by Gasteiger charge is -2.46. The summed E-state index contributed by atoms with van der Waals surface area (Å²) in [7, 11) is 0. The number of hydrogen-bond donors (Lipinski definition) is 4. The van der Waals surface area contributed by atoms with Crippen LogP contribution in [-0.4, -0.2) is 57.7 Å². The van der Waals surface area contributed by atoms with Crippen LogP contribution in [0.3, 0.4) is 0 Å². The molecule has 1 aromatic carbocycles. The number of likely N-dealkylation sites (tertiary alicyclic amines) is 1. The minimum Gasteiger partial charge on any atom is -0.385 e. The van der Waals surface area contributed by atoms with E-state index in [0.717, 1.165) is 25.8 Å². The summed E-state index contributed by atoms with van der Waals surface area (Å²) < 4.78 is 14.9. The normalized spacial score (nSPS) is 15.0. The molecule has 1 saturated heterocycles. The molecule has 2 heterocycles. The lowest BCUT2D eigenvalue weighted by atomic mass is 9.93. The van der Waals surface area contributed by atoms with Gasteiger partial charge in [-0.15, -0.1) is 0 Å². The number of carbonyl (C=O) groups excluding carboxylic acids is 1. The highest BCUT2D eigenvalue weighted by Crippen LogP contribution is 2.26. The molecule has 1 fully saturated rings. The average Bonchev–Trinajstić information content (AvgIpc) is 2.67. The van der Waals surface area contributed by atoms with Gasteiger partial charge in [-0.1, -0.05) is 19.8 Å². The van der Waals surface area contributed by atoms with E-state index in [2.05, 4.69) is 27.5 Å². The maximum atomic E-state index is 14.2. The summed E-state index contributed by atoms with van der Waals surface area (Å²) in [5, 5.41) is 16.5. The summed E-state index contributed by atoms with van der Waals surface area (Å²) in [5.74, 6) is -0.949. The van der Waals surface area contributed by atoms with Crippen molar-refractivity contribution in [1.29, 1.82) is 0 Å². The Bertz CT molecular complexity index is 962. The Balaban J connectivity index is 1.66. The number of amides is 1. The van der Waals surface area contributed by atoms with E-state index in [9.17, 15) is 19.1 Å². The number of aromatic amines is 1. The van der Waals surface area contributed by atoms with Crippen molar-refractivity contribution in [2.75, 3.05) is 31.5 Å². The molecule has 0 spiro atoms. The number of rotatable bonds is 9. The van der Waals surface area contributed by atoms with Gasteiger partial charge in [0, 0.05) is 16.3 Å². The van der Waals surface area contributed by atoms with Crippen molar-refractivity contribution in [3.8, 4) is 0 Å². The predicted molar refractivity (Wildman–Crippen MR) is 121 cm³/mol. The number of unbranched alkanes of at least 4 members (excludes halogenated alkanes) is 2. The van der Waals surface area contributed by atoms with Gasteiger partial charge in [0.2, 0.25) is 0 Å². The van der Waals surface area contributed by atoms with Crippen LogP contribution in [0.25, 0.3) is 0 Å². The van der Waals surface area contributed by atoms with Crippen LogP contribution in [0.15, 0.2) is 29.2 Å². The van der Waals surface area contributed by atoms with Crippen LogP contribution in [0.5, 0.6) is 0 Å². The van der Waals surface area contributed by atoms with Gasteiger partial charge in [-0.05, 0) is 53.8 Å². The number of anilines is 2. The van der Waals surface area contributed by atoms with Gasteiger partial charge in [0.05, 0.1) is 24.3 Å². The number of hydrogen-bond acceptors (Lipinski definition) is 6. The fourth-order valence-electron chi connectivity index (χ4n) is 3.28. The van der Waals surface area contributed by atoms with E-state index in [1.54, 1.807) is 6.07 Å². The molecule has 1 amide bonds. The lowest BCUT2D eigenvalue weighted by Crippen LogP contribution is -2.67. The molecule has 0 unspecified atom stereocenters.